The maximum absolute atomic E-state index is 12.9. The number of rotatable bonds is 3. The molecule has 0 bridgehead atoms. The van der Waals surface area contributed by atoms with Crippen LogP contribution in [0.5, 0.6) is 0 Å². The fourth-order valence-electron chi connectivity index (χ4n) is 3.42. The van der Waals surface area contributed by atoms with E-state index in [9.17, 15) is 4.79 Å². The van der Waals surface area contributed by atoms with Crippen LogP contribution in [-0.2, 0) is 0 Å². The van der Waals surface area contributed by atoms with E-state index >= 15 is 0 Å². The summed E-state index contributed by atoms with van der Waals surface area (Å²) < 4.78 is 1.56. The maximum Gasteiger partial charge on any atom is 0.272 e. The van der Waals surface area contributed by atoms with Gasteiger partial charge in [0, 0.05) is 31.6 Å². The molecule has 0 unspecified atom stereocenters. The molecule has 0 spiro atoms. The van der Waals surface area contributed by atoms with E-state index in [0.29, 0.717) is 37.7 Å². The Kier molecular flexibility index (Phi) is 4.32. The number of pyridine rings is 1. The molecule has 1 aromatic carbocycles. The molecular weight excluding hydrogens is 368 g/mol. The van der Waals surface area contributed by atoms with Crippen molar-refractivity contribution < 1.29 is 4.79 Å². The zero-order valence-electron chi connectivity index (χ0n) is 15.6. The molecule has 29 heavy (non-hydrogen) atoms. The van der Waals surface area contributed by atoms with Crippen LogP contribution >= 0.6 is 0 Å². The summed E-state index contributed by atoms with van der Waals surface area (Å²) in [6, 6.07) is 15.3. The van der Waals surface area contributed by atoms with E-state index in [1.165, 1.54) is 6.33 Å². The predicted molar refractivity (Wildman–Crippen MR) is 107 cm³/mol. The fourth-order valence-corrected chi connectivity index (χ4v) is 3.42. The lowest BCUT2D eigenvalue weighted by atomic mass is 10.2. The number of benzene rings is 1. The molecule has 9 nitrogen and oxygen atoms in total. The molecule has 1 amide bonds. The number of aromatic nitrogens is 6. The van der Waals surface area contributed by atoms with Gasteiger partial charge in [-0.25, -0.2) is 14.6 Å². The van der Waals surface area contributed by atoms with E-state index in [4.69, 9.17) is 0 Å². The van der Waals surface area contributed by atoms with Crippen LogP contribution in [0.1, 0.15) is 10.5 Å². The van der Waals surface area contributed by atoms with Crippen molar-refractivity contribution >= 4 is 22.6 Å². The molecule has 0 saturated carbocycles. The van der Waals surface area contributed by atoms with Crippen LogP contribution in [0.15, 0.2) is 61.2 Å². The largest absolute Gasteiger partial charge is 0.352 e. The second kappa shape index (κ2) is 7.27. The van der Waals surface area contributed by atoms with E-state index in [-0.39, 0.29) is 5.91 Å². The Morgan fingerprint density at radius 1 is 0.862 bits per heavy atom. The number of hydrogen-bond donors (Lipinski definition) is 0. The molecule has 3 aromatic heterocycles. The lowest BCUT2D eigenvalue weighted by Gasteiger charge is -2.35. The van der Waals surface area contributed by atoms with Crippen molar-refractivity contribution in [2.24, 2.45) is 0 Å². The molecular formula is C20H18N8O. The third-order valence-electron chi connectivity index (χ3n) is 5.00. The van der Waals surface area contributed by atoms with Crippen LogP contribution < -0.4 is 4.90 Å². The summed E-state index contributed by atoms with van der Waals surface area (Å²) in [6.45, 7) is 2.60. The topological polar surface area (TPSA) is 92.9 Å². The molecule has 5 rings (SSSR count). The van der Waals surface area contributed by atoms with Gasteiger partial charge in [0.2, 0.25) is 0 Å². The first-order valence-corrected chi connectivity index (χ1v) is 9.37. The number of carbonyl (C=O) groups excluding carboxylic acids is 1. The normalized spacial score (nSPS) is 14.3. The number of para-hydroxylation sites is 1. The van der Waals surface area contributed by atoms with E-state index in [0.717, 1.165) is 16.7 Å². The molecule has 9 heteroatoms. The van der Waals surface area contributed by atoms with Crippen molar-refractivity contribution in [1.82, 2.24) is 34.8 Å². The third-order valence-corrected chi connectivity index (χ3v) is 5.00. The van der Waals surface area contributed by atoms with Crippen molar-refractivity contribution in [3.05, 3.63) is 66.9 Å². The van der Waals surface area contributed by atoms with Gasteiger partial charge >= 0.3 is 0 Å². The van der Waals surface area contributed by atoms with Gasteiger partial charge in [-0.15, -0.1) is 10.2 Å². The number of fused-ring (bicyclic) bond motifs is 1. The van der Waals surface area contributed by atoms with Crippen LogP contribution in [0.2, 0.25) is 0 Å². The average molecular weight is 386 g/mol. The fraction of sp³-hybridized carbons (Fsp3) is 0.200. The number of amides is 1. The van der Waals surface area contributed by atoms with Gasteiger partial charge < -0.3 is 9.80 Å². The second-order valence-electron chi connectivity index (χ2n) is 6.76. The number of nitrogens with zero attached hydrogens (tertiary/aromatic N) is 8. The van der Waals surface area contributed by atoms with Gasteiger partial charge in [0.25, 0.3) is 5.91 Å². The Morgan fingerprint density at radius 3 is 2.41 bits per heavy atom. The van der Waals surface area contributed by atoms with Gasteiger partial charge in [0.05, 0.1) is 5.52 Å². The molecule has 0 N–H and O–H groups in total. The molecule has 1 fully saturated rings. The molecule has 0 radical (unpaired) electrons. The average Bonchev–Trinajstić information content (AvgIpc) is 3.33. The highest BCUT2D eigenvalue weighted by Crippen LogP contribution is 2.17. The highest BCUT2D eigenvalue weighted by molar-refractivity contribution is 5.95. The van der Waals surface area contributed by atoms with Crippen molar-refractivity contribution in [2.45, 2.75) is 0 Å². The molecule has 0 atom stereocenters. The first kappa shape index (κ1) is 17.2. The zero-order valence-corrected chi connectivity index (χ0v) is 15.6. The van der Waals surface area contributed by atoms with Gasteiger partial charge in [0.15, 0.2) is 11.6 Å². The zero-order chi connectivity index (χ0) is 19.6. The summed E-state index contributed by atoms with van der Waals surface area (Å²) in [7, 11) is 0. The molecule has 4 aromatic rings. The quantitative estimate of drug-likeness (QED) is 0.528. The Bertz CT molecular complexity index is 1130. The van der Waals surface area contributed by atoms with Crippen LogP contribution in [0.3, 0.4) is 0 Å². The molecule has 0 aliphatic carbocycles. The SMILES string of the molecule is O=C(c1ccc2ccccc2n1)N1CCN(c2ccc(-n3cncn3)nn2)CC1. The van der Waals surface area contributed by atoms with Crippen LogP contribution in [0, 0.1) is 0 Å². The summed E-state index contributed by atoms with van der Waals surface area (Å²) in [4.78, 5) is 25.3. The first-order valence-electron chi connectivity index (χ1n) is 9.37. The Hall–Kier alpha value is -3.88. The molecule has 1 aliphatic heterocycles. The Labute approximate surface area is 166 Å². The summed E-state index contributed by atoms with van der Waals surface area (Å²) in [5.41, 5.74) is 1.31. The van der Waals surface area contributed by atoms with Gasteiger partial charge in [0.1, 0.15) is 18.3 Å². The number of carbonyl (C=O) groups is 1. The summed E-state index contributed by atoms with van der Waals surface area (Å²) in [5, 5.41) is 13.6. The maximum atomic E-state index is 12.9. The van der Waals surface area contributed by atoms with Crippen molar-refractivity contribution in [3.8, 4) is 5.82 Å². The van der Waals surface area contributed by atoms with E-state index in [1.54, 1.807) is 17.1 Å². The minimum absolute atomic E-state index is 0.0389. The summed E-state index contributed by atoms with van der Waals surface area (Å²) in [5.74, 6) is 1.36. The third kappa shape index (κ3) is 3.38. The molecule has 1 saturated heterocycles. The van der Waals surface area contributed by atoms with Gasteiger partial charge in [-0.1, -0.05) is 24.3 Å². The van der Waals surface area contributed by atoms with Crippen LogP contribution in [0.4, 0.5) is 5.82 Å². The van der Waals surface area contributed by atoms with Gasteiger partial charge in [-0.05, 0) is 24.3 Å². The van der Waals surface area contributed by atoms with Crippen LogP contribution in [-0.4, -0.2) is 66.9 Å². The first-order chi connectivity index (χ1) is 14.3. The van der Waals surface area contributed by atoms with Crippen molar-refractivity contribution in [1.29, 1.82) is 0 Å². The molecule has 4 heterocycles. The second-order valence-corrected chi connectivity index (χ2v) is 6.76. The van der Waals surface area contributed by atoms with E-state index in [2.05, 4.69) is 30.2 Å². The van der Waals surface area contributed by atoms with Gasteiger partial charge in [-0.2, -0.15) is 5.10 Å². The highest BCUT2D eigenvalue weighted by Gasteiger charge is 2.24. The monoisotopic (exact) mass is 386 g/mol. The van der Waals surface area contributed by atoms with E-state index < -0.39 is 0 Å². The Balaban J connectivity index is 1.25. The molecule has 144 valence electrons. The number of hydrogen-bond acceptors (Lipinski definition) is 7. The van der Waals surface area contributed by atoms with Crippen molar-refractivity contribution in [3.63, 3.8) is 0 Å². The van der Waals surface area contributed by atoms with Gasteiger partial charge in [-0.3, -0.25) is 4.79 Å². The summed E-state index contributed by atoms with van der Waals surface area (Å²) >= 11 is 0. The minimum atomic E-state index is -0.0389. The lowest BCUT2D eigenvalue weighted by Crippen LogP contribution is -2.49. The van der Waals surface area contributed by atoms with Crippen molar-refractivity contribution in [2.75, 3.05) is 31.1 Å². The Morgan fingerprint density at radius 2 is 1.66 bits per heavy atom. The number of piperazine rings is 1. The predicted octanol–water partition coefficient (Wildman–Crippen LogP) is 1.57. The van der Waals surface area contributed by atoms with E-state index in [1.807, 2.05) is 47.4 Å². The van der Waals surface area contributed by atoms with Crippen LogP contribution in [0.25, 0.3) is 16.7 Å². The lowest BCUT2D eigenvalue weighted by molar-refractivity contribution is 0.0741. The minimum Gasteiger partial charge on any atom is -0.352 e. The molecule has 1 aliphatic rings. The summed E-state index contributed by atoms with van der Waals surface area (Å²) in [6.07, 6.45) is 3.03. The standard InChI is InChI=1S/C20H18N8O/c29-20(17-6-5-15-3-1-2-4-16(15)23-17)27-11-9-26(10-12-27)18-7-8-19(25-24-18)28-14-21-13-22-28/h1-8,13-14H,9-12H2. The smallest absolute Gasteiger partial charge is 0.272 e. The highest BCUT2D eigenvalue weighted by atomic mass is 16.2. The number of anilines is 1.